The fraction of sp³-hybridized carbons (Fsp3) is 0.381. The Bertz CT molecular complexity index is 784. The maximum absolute atomic E-state index is 13.1. The molecule has 0 bridgehead atoms. The summed E-state index contributed by atoms with van der Waals surface area (Å²) in [5, 5.41) is 1.31. The van der Waals surface area contributed by atoms with Gasteiger partial charge in [-0.05, 0) is 60.9 Å². The standard InChI is InChI=1S/C21H21Cl2NO/c22-18-8-4-9-19(23)17(18)13-15-11-12-24(21(15)25)20-10-3-6-14-5-1-2-7-16(14)20/h1-2,4-5,7-9,15,20H,3,6,10-13H2. The lowest BCUT2D eigenvalue weighted by atomic mass is 9.87. The van der Waals surface area contributed by atoms with Crippen LogP contribution in [-0.4, -0.2) is 17.4 Å². The molecule has 1 amide bonds. The second kappa shape index (κ2) is 7.01. The molecule has 1 heterocycles. The molecule has 1 aliphatic carbocycles. The summed E-state index contributed by atoms with van der Waals surface area (Å²) in [6, 6.07) is 14.3. The summed E-state index contributed by atoms with van der Waals surface area (Å²) in [4.78, 5) is 15.2. The van der Waals surface area contributed by atoms with Crippen LogP contribution in [-0.2, 0) is 17.6 Å². The second-order valence-electron chi connectivity index (χ2n) is 7.03. The normalized spacial score (nSPS) is 23.0. The topological polar surface area (TPSA) is 20.3 Å². The molecule has 2 unspecified atom stereocenters. The van der Waals surface area contributed by atoms with E-state index in [1.807, 2.05) is 18.2 Å². The molecule has 0 N–H and O–H groups in total. The third-order valence-corrected chi connectivity index (χ3v) is 6.29. The van der Waals surface area contributed by atoms with Crippen LogP contribution in [0.15, 0.2) is 42.5 Å². The van der Waals surface area contributed by atoms with Crippen molar-refractivity contribution in [3.63, 3.8) is 0 Å². The minimum absolute atomic E-state index is 0.0218. The van der Waals surface area contributed by atoms with Crippen molar-refractivity contribution in [3.8, 4) is 0 Å². The molecule has 130 valence electrons. The van der Waals surface area contributed by atoms with Gasteiger partial charge in [0.15, 0.2) is 0 Å². The first kappa shape index (κ1) is 16.9. The number of likely N-dealkylation sites (tertiary alicyclic amines) is 1. The average molecular weight is 374 g/mol. The molecule has 2 aromatic rings. The Hall–Kier alpha value is -1.51. The van der Waals surface area contributed by atoms with Crippen molar-refractivity contribution in [3.05, 3.63) is 69.2 Å². The predicted octanol–water partition coefficient (Wildman–Crippen LogP) is 5.46. The maximum atomic E-state index is 13.1. The summed E-state index contributed by atoms with van der Waals surface area (Å²) in [5.41, 5.74) is 3.62. The van der Waals surface area contributed by atoms with Crippen molar-refractivity contribution in [1.82, 2.24) is 4.90 Å². The van der Waals surface area contributed by atoms with E-state index in [2.05, 4.69) is 29.2 Å². The van der Waals surface area contributed by atoms with Crippen LogP contribution in [0.5, 0.6) is 0 Å². The fourth-order valence-corrected chi connectivity index (χ4v) is 4.84. The highest BCUT2D eigenvalue weighted by molar-refractivity contribution is 6.36. The van der Waals surface area contributed by atoms with Gasteiger partial charge in [0, 0.05) is 22.5 Å². The van der Waals surface area contributed by atoms with Crippen LogP contribution < -0.4 is 0 Å². The molecule has 2 atom stereocenters. The molecule has 25 heavy (non-hydrogen) atoms. The first-order chi connectivity index (χ1) is 12.1. The number of aryl methyl sites for hydroxylation is 1. The summed E-state index contributed by atoms with van der Waals surface area (Å²) < 4.78 is 0. The lowest BCUT2D eigenvalue weighted by Crippen LogP contribution is -2.34. The van der Waals surface area contributed by atoms with Gasteiger partial charge in [-0.2, -0.15) is 0 Å². The third-order valence-electron chi connectivity index (χ3n) is 5.58. The predicted molar refractivity (Wildman–Crippen MR) is 102 cm³/mol. The molecular weight excluding hydrogens is 353 g/mol. The molecular formula is C21H21Cl2NO. The number of hydrogen-bond acceptors (Lipinski definition) is 1. The van der Waals surface area contributed by atoms with Crippen LogP contribution in [0.2, 0.25) is 10.0 Å². The summed E-state index contributed by atoms with van der Waals surface area (Å²) in [6.45, 7) is 0.824. The van der Waals surface area contributed by atoms with E-state index in [4.69, 9.17) is 23.2 Å². The molecule has 1 aliphatic heterocycles. The number of amides is 1. The van der Waals surface area contributed by atoms with Gasteiger partial charge in [0.2, 0.25) is 5.91 Å². The molecule has 1 fully saturated rings. The highest BCUT2D eigenvalue weighted by atomic mass is 35.5. The third kappa shape index (κ3) is 3.18. The highest BCUT2D eigenvalue weighted by Gasteiger charge is 2.38. The molecule has 0 radical (unpaired) electrons. The van der Waals surface area contributed by atoms with E-state index in [1.54, 1.807) is 0 Å². The van der Waals surface area contributed by atoms with Crippen LogP contribution in [0.1, 0.15) is 42.0 Å². The van der Waals surface area contributed by atoms with Crippen molar-refractivity contribution >= 4 is 29.1 Å². The Morgan fingerprint density at radius 2 is 1.76 bits per heavy atom. The maximum Gasteiger partial charge on any atom is 0.226 e. The van der Waals surface area contributed by atoms with E-state index in [-0.39, 0.29) is 17.9 Å². The monoisotopic (exact) mass is 373 g/mol. The van der Waals surface area contributed by atoms with Crippen LogP contribution in [0, 0.1) is 5.92 Å². The average Bonchev–Trinajstić information content (AvgIpc) is 2.98. The molecule has 0 aromatic heterocycles. The van der Waals surface area contributed by atoms with E-state index in [1.165, 1.54) is 11.1 Å². The number of benzene rings is 2. The van der Waals surface area contributed by atoms with Gasteiger partial charge in [-0.3, -0.25) is 4.79 Å². The molecule has 4 heteroatoms. The zero-order valence-electron chi connectivity index (χ0n) is 14.1. The minimum atomic E-state index is -0.0218. The van der Waals surface area contributed by atoms with Gasteiger partial charge in [-0.15, -0.1) is 0 Å². The Balaban J connectivity index is 1.55. The van der Waals surface area contributed by atoms with Gasteiger partial charge in [0.25, 0.3) is 0 Å². The van der Waals surface area contributed by atoms with Crippen LogP contribution in [0.3, 0.4) is 0 Å². The van der Waals surface area contributed by atoms with Crippen molar-refractivity contribution in [2.24, 2.45) is 5.92 Å². The van der Waals surface area contributed by atoms with Gasteiger partial charge >= 0.3 is 0 Å². The van der Waals surface area contributed by atoms with E-state index in [0.717, 1.165) is 37.8 Å². The van der Waals surface area contributed by atoms with E-state index in [9.17, 15) is 4.79 Å². The van der Waals surface area contributed by atoms with Gasteiger partial charge in [0.1, 0.15) is 0 Å². The Kier molecular flexibility index (Phi) is 4.75. The minimum Gasteiger partial charge on any atom is -0.335 e. The summed E-state index contributed by atoms with van der Waals surface area (Å²) in [6.07, 6.45) is 4.82. The van der Waals surface area contributed by atoms with Gasteiger partial charge in [-0.1, -0.05) is 53.5 Å². The lowest BCUT2D eigenvalue weighted by molar-refractivity contribution is -0.133. The molecule has 0 spiro atoms. The number of hydrogen-bond donors (Lipinski definition) is 0. The number of carbonyl (C=O) groups excluding carboxylic acids is 1. The van der Waals surface area contributed by atoms with Gasteiger partial charge < -0.3 is 4.90 Å². The first-order valence-corrected chi connectivity index (χ1v) is 9.72. The number of nitrogens with zero attached hydrogens (tertiary/aromatic N) is 1. The Morgan fingerprint density at radius 1 is 1.00 bits per heavy atom. The molecule has 2 aromatic carbocycles. The van der Waals surface area contributed by atoms with Gasteiger partial charge in [0.05, 0.1) is 6.04 Å². The van der Waals surface area contributed by atoms with Crippen LogP contribution >= 0.6 is 23.2 Å². The molecule has 0 saturated carbocycles. The largest absolute Gasteiger partial charge is 0.335 e. The van der Waals surface area contributed by atoms with Crippen molar-refractivity contribution in [1.29, 1.82) is 0 Å². The molecule has 4 rings (SSSR count). The van der Waals surface area contributed by atoms with Crippen molar-refractivity contribution in [2.45, 2.75) is 38.1 Å². The second-order valence-corrected chi connectivity index (χ2v) is 7.84. The number of rotatable bonds is 3. The Labute approximate surface area is 158 Å². The zero-order valence-corrected chi connectivity index (χ0v) is 15.6. The molecule has 2 aliphatic rings. The molecule has 2 nitrogen and oxygen atoms in total. The van der Waals surface area contributed by atoms with Crippen LogP contribution in [0.4, 0.5) is 0 Å². The first-order valence-electron chi connectivity index (χ1n) is 8.96. The highest BCUT2D eigenvalue weighted by Crippen LogP contribution is 2.39. The number of halogens is 2. The summed E-state index contributed by atoms with van der Waals surface area (Å²) >= 11 is 12.6. The van der Waals surface area contributed by atoms with Gasteiger partial charge in [-0.25, -0.2) is 0 Å². The fourth-order valence-electron chi connectivity index (χ4n) is 4.29. The summed E-state index contributed by atoms with van der Waals surface area (Å²) in [5.74, 6) is 0.226. The summed E-state index contributed by atoms with van der Waals surface area (Å²) in [7, 11) is 0. The lowest BCUT2D eigenvalue weighted by Gasteiger charge is -2.33. The number of fused-ring (bicyclic) bond motifs is 1. The van der Waals surface area contributed by atoms with E-state index in [0.29, 0.717) is 16.5 Å². The van der Waals surface area contributed by atoms with E-state index < -0.39 is 0 Å². The quantitative estimate of drug-likeness (QED) is 0.698. The van der Waals surface area contributed by atoms with Crippen molar-refractivity contribution < 1.29 is 4.79 Å². The van der Waals surface area contributed by atoms with E-state index >= 15 is 0 Å². The smallest absolute Gasteiger partial charge is 0.226 e. The molecule has 1 saturated heterocycles. The zero-order chi connectivity index (χ0) is 17.4. The SMILES string of the molecule is O=C1C(Cc2c(Cl)cccc2Cl)CCN1C1CCCc2ccccc21. The van der Waals surface area contributed by atoms with Crippen molar-refractivity contribution in [2.75, 3.05) is 6.54 Å². The van der Waals surface area contributed by atoms with Crippen LogP contribution in [0.25, 0.3) is 0 Å². The Morgan fingerprint density at radius 3 is 2.56 bits per heavy atom. The number of carbonyl (C=O) groups is 1.